The molecule has 1 aromatic rings. The van der Waals surface area contributed by atoms with E-state index in [9.17, 15) is 18.0 Å². The van der Waals surface area contributed by atoms with Crippen LogP contribution in [-0.2, 0) is 32.2 Å². The summed E-state index contributed by atoms with van der Waals surface area (Å²) in [7, 11) is -3.06. The Morgan fingerprint density at radius 2 is 1.89 bits per heavy atom. The number of hydrogen-bond acceptors (Lipinski definition) is 6. The van der Waals surface area contributed by atoms with Crippen LogP contribution in [0.5, 0.6) is 0 Å². The summed E-state index contributed by atoms with van der Waals surface area (Å²) in [5.41, 5.74) is 1.24. The lowest BCUT2D eigenvalue weighted by atomic mass is 10.1. The van der Waals surface area contributed by atoms with Crippen LogP contribution >= 0.6 is 11.3 Å². The first kappa shape index (κ1) is 18.9. The third-order valence-electron chi connectivity index (χ3n) is 5.60. The standard InChI is InChI=1S/C19H25NO5S2/c21-18(20(14-6-7-14)15-8-9-27(23,24)12-15)11-25-19(22)17-10-13-4-2-1-3-5-16(13)26-17/h10,14-15H,1-9,11-12H2/t15-/m0/s1. The molecule has 0 unspecified atom stereocenters. The number of esters is 1. The fraction of sp³-hybridized carbons (Fsp3) is 0.684. The lowest BCUT2D eigenvalue weighted by Crippen LogP contribution is -2.44. The minimum atomic E-state index is -3.06. The summed E-state index contributed by atoms with van der Waals surface area (Å²) in [6.45, 7) is -0.311. The first-order chi connectivity index (χ1) is 12.9. The Balaban J connectivity index is 1.37. The van der Waals surface area contributed by atoms with Crippen molar-refractivity contribution in [3.05, 3.63) is 21.4 Å². The van der Waals surface area contributed by atoms with E-state index in [1.165, 1.54) is 28.2 Å². The van der Waals surface area contributed by atoms with Crippen molar-refractivity contribution in [2.75, 3.05) is 18.1 Å². The van der Waals surface area contributed by atoms with E-state index in [1.807, 2.05) is 6.07 Å². The molecule has 4 rings (SSSR count). The number of fused-ring (bicyclic) bond motifs is 1. The van der Waals surface area contributed by atoms with Gasteiger partial charge in [0, 0.05) is 17.0 Å². The van der Waals surface area contributed by atoms with E-state index < -0.39 is 15.8 Å². The van der Waals surface area contributed by atoms with Crippen LogP contribution in [0, 0.1) is 0 Å². The molecule has 8 heteroatoms. The van der Waals surface area contributed by atoms with Crippen molar-refractivity contribution in [1.29, 1.82) is 0 Å². The zero-order valence-corrected chi connectivity index (χ0v) is 16.9. The van der Waals surface area contributed by atoms with Crippen LogP contribution in [-0.4, -0.2) is 55.4 Å². The van der Waals surface area contributed by atoms with E-state index >= 15 is 0 Å². The van der Waals surface area contributed by atoms with E-state index in [2.05, 4.69) is 0 Å². The molecule has 1 aliphatic heterocycles. The summed E-state index contributed by atoms with van der Waals surface area (Å²) >= 11 is 1.48. The first-order valence-corrected chi connectivity index (χ1v) is 12.4. The third-order valence-corrected chi connectivity index (χ3v) is 8.57. The van der Waals surface area contributed by atoms with Crippen LogP contribution in [0.15, 0.2) is 6.07 Å². The normalized spacial score (nSPS) is 24.1. The van der Waals surface area contributed by atoms with Crippen LogP contribution in [0.4, 0.5) is 0 Å². The predicted molar refractivity (Wildman–Crippen MR) is 103 cm³/mol. The third kappa shape index (κ3) is 4.37. The molecule has 1 saturated carbocycles. The largest absolute Gasteiger partial charge is 0.451 e. The number of hydrogen-bond donors (Lipinski definition) is 0. The maximum Gasteiger partial charge on any atom is 0.348 e. The summed E-state index contributed by atoms with van der Waals surface area (Å²) in [6, 6.07) is 1.75. The highest BCUT2D eigenvalue weighted by atomic mass is 32.2. The molecule has 6 nitrogen and oxygen atoms in total. The number of amides is 1. The van der Waals surface area contributed by atoms with Crippen molar-refractivity contribution in [3.8, 4) is 0 Å². The van der Waals surface area contributed by atoms with Crippen molar-refractivity contribution in [2.24, 2.45) is 0 Å². The maximum atomic E-state index is 12.7. The van der Waals surface area contributed by atoms with Crippen molar-refractivity contribution in [2.45, 2.75) is 63.5 Å². The molecule has 2 heterocycles. The Bertz CT molecular complexity index is 817. The van der Waals surface area contributed by atoms with Gasteiger partial charge in [0.05, 0.1) is 11.5 Å². The van der Waals surface area contributed by atoms with Crippen molar-refractivity contribution < 1.29 is 22.7 Å². The van der Waals surface area contributed by atoms with E-state index in [4.69, 9.17) is 4.74 Å². The van der Waals surface area contributed by atoms with E-state index in [0.717, 1.165) is 38.5 Å². The summed E-state index contributed by atoms with van der Waals surface area (Å²) in [5, 5.41) is 0. The Labute approximate surface area is 163 Å². The molecular weight excluding hydrogens is 386 g/mol. The topological polar surface area (TPSA) is 80.8 Å². The van der Waals surface area contributed by atoms with Gasteiger partial charge < -0.3 is 9.64 Å². The summed E-state index contributed by atoms with van der Waals surface area (Å²) in [5.74, 6) is -0.558. The smallest absolute Gasteiger partial charge is 0.348 e. The summed E-state index contributed by atoms with van der Waals surface area (Å²) in [4.78, 5) is 28.6. The Morgan fingerprint density at radius 1 is 1.11 bits per heavy atom. The van der Waals surface area contributed by atoms with Gasteiger partial charge in [-0.25, -0.2) is 13.2 Å². The number of nitrogens with zero attached hydrogens (tertiary/aromatic N) is 1. The Morgan fingerprint density at radius 3 is 2.59 bits per heavy atom. The average Bonchev–Trinajstić information content (AvgIpc) is 3.33. The van der Waals surface area contributed by atoms with E-state index in [-0.39, 0.29) is 36.1 Å². The molecule has 1 aromatic heterocycles. The molecule has 0 bridgehead atoms. The van der Waals surface area contributed by atoms with Crippen LogP contribution < -0.4 is 0 Å². The van der Waals surface area contributed by atoms with Gasteiger partial charge in [0.15, 0.2) is 16.4 Å². The predicted octanol–water partition coefficient (Wildman–Crippen LogP) is 2.35. The lowest BCUT2D eigenvalue weighted by Gasteiger charge is -2.28. The number of ether oxygens (including phenoxy) is 1. The van der Waals surface area contributed by atoms with Crippen LogP contribution in [0.25, 0.3) is 0 Å². The van der Waals surface area contributed by atoms with Crippen molar-refractivity contribution in [3.63, 3.8) is 0 Å². The molecule has 27 heavy (non-hydrogen) atoms. The fourth-order valence-electron chi connectivity index (χ4n) is 4.09. The molecule has 0 radical (unpaired) electrons. The first-order valence-electron chi connectivity index (χ1n) is 9.73. The maximum absolute atomic E-state index is 12.7. The van der Waals surface area contributed by atoms with Gasteiger partial charge >= 0.3 is 5.97 Å². The zero-order valence-electron chi connectivity index (χ0n) is 15.3. The van der Waals surface area contributed by atoms with Gasteiger partial charge in [-0.15, -0.1) is 11.3 Å². The van der Waals surface area contributed by atoms with Gasteiger partial charge in [0.2, 0.25) is 0 Å². The monoisotopic (exact) mass is 411 g/mol. The van der Waals surface area contributed by atoms with Gasteiger partial charge in [0.1, 0.15) is 4.88 Å². The zero-order chi connectivity index (χ0) is 19.0. The second-order valence-corrected chi connectivity index (χ2v) is 11.2. The lowest BCUT2D eigenvalue weighted by molar-refractivity contribution is -0.137. The number of carbonyl (C=O) groups is 2. The second kappa shape index (κ2) is 7.54. The van der Waals surface area contributed by atoms with Crippen LogP contribution in [0.3, 0.4) is 0 Å². The number of thiophene rings is 1. The number of rotatable bonds is 5. The minimum absolute atomic E-state index is 0.0286. The molecule has 1 atom stereocenters. The molecule has 0 N–H and O–H groups in total. The summed E-state index contributed by atoms with van der Waals surface area (Å²) < 4.78 is 28.8. The molecular formula is C19H25NO5S2. The van der Waals surface area contributed by atoms with Gasteiger partial charge in [-0.3, -0.25) is 4.79 Å². The van der Waals surface area contributed by atoms with Gasteiger partial charge in [0.25, 0.3) is 5.91 Å². The molecule has 2 aliphatic carbocycles. The molecule has 2 fully saturated rings. The van der Waals surface area contributed by atoms with Gasteiger partial charge in [-0.1, -0.05) is 6.42 Å². The Kier molecular flexibility index (Phi) is 5.29. The van der Waals surface area contributed by atoms with Gasteiger partial charge in [-0.05, 0) is 56.6 Å². The highest BCUT2D eigenvalue weighted by Gasteiger charge is 2.42. The number of carbonyl (C=O) groups excluding carboxylic acids is 2. The quantitative estimate of drug-likeness (QED) is 0.549. The molecule has 3 aliphatic rings. The van der Waals surface area contributed by atoms with Crippen molar-refractivity contribution in [1.82, 2.24) is 4.90 Å². The SMILES string of the molecule is O=C(OCC(=O)N(C1CC1)[C@H]1CCS(=O)(=O)C1)c1cc2c(s1)CCCCC2. The summed E-state index contributed by atoms with van der Waals surface area (Å²) in [6.07, 6.45) is 7.82. The number of sulfone groups is 1. The second-order valence-electron chi connectivity index (χ2n) is 7.78. The van der Waals surface area contributed by atoms with E-state index in [0.29, 0.717) is 11.3 Å². The molecule has 148 valence electrons. The van der Waals surface area contributed by atoms with Gasteiger partial charge in [-0.2, -0.15) is 0 Å². The Hall–Kier alpha value is -1.41. The molecule has 1 saturated heterocycles. The van der Waals surface area contributed by atoms with E-state index in [1.54, 1.807) is 4.90 Å². The van der Waals surface area contributed by atoms with Crippen molar-refractivity contribution >= 4 is 33.1 Å². The van der Waals surface area contributed by atoms with Crippen LogP contribution in [0.1, 0.15) is 58.6 Å². The highest BCUT2D eigenvalue weighted by Crippen LogP contribution is 2.33. The molecule has 0 spiro atoms. The number of aryl methyl sites for hydroxylation is 2. The minimum Gasteiger partial charge on any atom is -0.451 e. The molecule has 1 amide bonds. The fourth-order valence-corrected chi connectivity index (χ4v) is 6.95. The highest BCUT2D eigenvalue weighted by molar-refractivity contribution is 7.91. The molecule has 0 aromatic carbocycles. The van der Waals surface area contributed by atoms with Crippen LogP contribution in [0.2, 0.25) is 0 Å². The average molecular weight is 412 g/mol.